The van der Waals surface area contributed by atoms with E-state index in [1.165, 1.54) is 0 Å². The van der Waals surface area contributed by atoms with Crippen LogP contribution >= 0.6 is 0 Å². The molecule has 0 amide bonds. The lowest BCUT2D eigenvalue weighted by Crippen LogP contribution is -2.23. The predicted molar refractivity (Wildman–Crippen MR) is 107 cm³/mol. The van der Waals surface area contributed by atoms with Gasteiger partial charge in [-0.2, -0.15) is 5.10 Å². The van der Waals surface area contributed by atoms with Gasteiger partial charge in [-0.05, 0) is 49.7 Å². The van der Waals surface area contributed by atoms with E-state index in [9.17, 15) is 4.79 Å². The molecule has 2 aromatic carbocycles. The maximum atomic E-state index is 12.6. The summed E-state index contributed by atoms with van der Waals surface area (Å²) in [5.41, 5.74) is 4.24. The van der Waals surface area contributed by atoms with Gasteiger partial charge in [-0.15, -0.1) is 0 Å². The minimum Gasteiger partial charge on any atom is -0.493 e. The fraction of sp³-hybridized carbons (Fsp3) is 0.250. The van der Waals surface area contributed by atoms with Crippen molar-refractivity contribution in [3.63, 3.8) is 0 Å². The summed E-state index contributed by atoms with van der Waals surface area (Å²) in [7, 11) is 1.59. The first-order chi connectivity index (χ1) is 13.2. The number of fused-ring (bicyclic) bond motifs is 1. The van der Waals surface area contributed by atoms with E-state index >= 15 is 0 Å². The van der Waals surface area contributed by atoms with Crippen molar-refractivity contribution in [1.29, 1.82) is 0 Å². The number of nitrogens with zero attached hydrogens (tertiary/aromatic N) is 3. The molecule has 7 heteroatoms. The van der Waals surface area contributed by atoms with E-state index in [2.05, 4.69) is 15.5 Å². The van der Waals surface area contributed by atoms with Crippen LogP contribution in [-0.4, -0.2) is 29.5 Å². The van der Waals surface area contributed by atoms with Crippen molar-refractivity contribution in [2.75, 3.05) is 19.1 Å². The summed E-state index contributed by atoms with van der Waals surface area (Å²) in [6.07, 6.45) is 1.64. The van der Waals surface area contributed by atoms with E-state index in [0.717, 1.165) is 5.56 Å². The highest BCUT2D eigenvalue weighted by atomic mass is 16.5. The molecule has 1 heterocycles. The van der Waals surface area contributed by atoms with E-state index in [1.54, 1.807) is 24.0 Å². The molecular formula is C20H22N4O3. The fourth-order valence-corrected chi connectivity index (χ4v) is 2.75. The average molecular weight is 366 g/mol. The molecule has 0 saturated carbocycles. The van der Waals surface area contributed by atoms with Gasteiger partial charge in [0.1, 0.15) is 0 Å². The Morgan fingerprint density at radius 1 is 1.19 bits per heavy atom. The Hall–Kier alpha value is -3.35. The van der Waals surface area contributed by atoms with Crippen LogP contribution in [0, 0.1) is 0 Å². The molecule has 0 fully saturated rings. The number of anilines is 1. The number of nitrogens with one attached hydrogen (secondary N) is 1. The maximum Gasteiger partial charge on any atom is 0.262 e. The van der Waals surface area contributed by atoms with E-state index in [-0.39, 0.29) is 5.56 Å². The number of hydrazone groups is 1. The first-order valence-corrected chi connectivity index (χ1v) is 8.77. The van der Waals surface area contributed by atoms with Crippen LogP contribution in [0.25, 0.3) is 10.9 Å². The quantitative estimate of drug-likeness (QED) is 0.513. The summed E-state index contributed by atoms with van der Waals surface area (Å²) < 4.78 is 12.4. The number of ether oxygens (including phenoxy) is 2. The van der Waals surface area contributed by atoms with Crippen LogP contribution < -0.4 is 20.5 Å². The van der Waals surface area contributed by atoms with E-state index < -0.39 is 0 Å². The molecule has 1 aromatic heterocycles. The number of rotatable bonds is 7. The van der Waals surface area contributed by atoms with Crippen molar-refractivity contribution in [1.82, 2.24) is 9.55 Å². The second-order valence-electron chi connectivity index (χ2n) is 5.72. The Bertz CT molecular complexity index is 1030. The topological polar surface area (TPSA) is 77.7 Å². The minimum absolute atomic E-state index is 0.0939. The second kappa shape index (κ2) is 8.35. The summed E-state index contributed by atoms with van der Waals surface area (Å²) in [5, 5.41) is 4.81. The highest BCUT2D eigenvalue weighted by Crippen LogP contribution is 2.27. The summed E-state index contributed by atoms with van der Waals surface area (Å²) in [6.45, 7) is 4.87. The van der Waals surface area contributed by atoms with Gasteiger partial charge in [0.15, 0.2) is 11.5 Å². The van der Waals surface area contributed by atoms with Gasteiger partial charge < -0.3 is 9.47 Å². The number of benzene rings is 2. The van der Waals surface area contributed by atoms with Gasteiger partial charge in [0, 0.05) is 6.54 Å². The van der Waals surface area contributed by atoms with E-state index in [0.29, 0.717) is 41.5 Å². The third kappa shape index (κ3) is 3.92. The van der Waals surface area contributed by atoms with Crippen LogP contribution in [0.1, 0.15) is 19.4 Å². The zero-order chi connectivity index (χ0) is 19.2. The van der Waals surface area contributed by atoms with Crippen LogP contribution in [0.5, 0.6) is 11.5 Å². The number of para-hydroxylation sites is 1. The predicted octanol–water partition coefficient (Wildman–Crippen LogP) is 3.27. The second-order valence-corrected chi connectivity index (χ2v) is 5.72. The molecule has 0 unspecified atom stereocenters. The van der Waals surface area contributed by atoms with Crippen molar-refractivity contribution in [2.45, 2.75) is 20.4 Å². The number of methoxy groups -OCH3 is 1. The van der Waals surface area contributed by atoms with Crippen molar-refractivity contribution in [3.8, 4) is 11.5 Å². The van der Waals surface area contributed by atoms with Crippen LogP contribution in [-0.2, 0) is 6.54 Å². The van der Waals surface area contributed by atoms with Gasteiger partial charge in [-0.3, -0.25) is 9.36 Å². The van der Waals surface area contributed by atoms with Gasteiger partial charge in [-0.25, -0.2) is 10.4 Å². The monoisotopic (exact) mass is 366 g/mol. The van der Waals surface area contributed by atoms with Crippen molar-refractivity contribution >= 4 is 23.1 Å². The Balaban J connectivity index is 1.87. The number of aromatic nitrogens is 2. The first kappa shape index (κ1) is 18.4. The van der Waals surface area contributed by atoms with Crippen molar-refractivity contribution < 1.29 is 9.47 Å². The molecule has 3 rings (SSSR count). The lowest BCUT2D eigenvalue weighted by molar-refractivity contribution is 0.311. The van der Waals surface area contributed by atoms with Crippen LogP contribution in [0.3, 0.4) is 0 Å². The summed E-state index contributed by atoms with van der Waals surface area (Å²) in [6, 6.07) is 12.8. The Morgan fingerprint density at radius 3 is 2.74 bits per heavy atom. The van der Waals surface area contributed by atoms with Crippen LogP contribution in [0.15, 0.2) is 52.4 Å². The SMILES string of the molecule is CCOc1ccc(/C=N\Nc2nc3ccccc3c(=O)n2CC)cc1OC. The number of hydrogen-bond acceptors (Lipinski definition) is 6. The molecule has 0 aliphatic heterocycles. The molecule has 7 nitrogen and oxygen atoms in total. The molecule has 140 valence electrons. The molecule has 0 spiro atoms. The number of hydrogen-bond donors (Lipinski definition) is 1. The minimum atomic E-state index is -0.0939. The van der Waals surface area contributed by atoms with Gasteiger partial charge >= 0.3 is 0 Å². The standard InChI is InChI=1S/C20H22N4O3/c1-4-24-19(25)15-8-6-7-9-16(15)22-20(24)23-21-13-14-10-11-17(27-5-2)18(12-14)26-3/h6-13H,4-5H2,1-3H3,(H,22,23)/b21-13-. The molecule has 3 aromatic rings. The van der Waals surface area contributed by atoms with Gasteiger partial charge in [0.2, 0.25) is 5.95 Å². The lowest BCUT2D eigenvalue weighted by atomic mass is 10.2. The van der Waals surface area contributed by atoms with E-state index in [4.69, 9.17) is 9.47 Å². The first-order valence-electron chi connectivity index (χ1n) is 8.77. The largest absolute Gasteiger partial charge is 0.493 e. The Morgan fingerprint density at radius 2 is 2.00 bits per heavy atom. The molecular weight excluding hydrogens is 344 g/mol. The van der Waals surface area contributed by atoms with E-state index in [1.807, 2.05) is 50.2 Å². The molecule has 27 heavy (non-hydrogen) atoms. The zero-order valence-corrected chi connectivity index (χ0v) is 15.6. The van der Waals surface area contributed by atoms with Crippen LogP contribution in [0.2, 0.25) is 0 Å². The fourth-order valence-electron chi connectivity index (χ4n) is 2.75. The molecule has 0 bridgehead atoms. The van der Waals surface area contributed by atoms with Gasteiger partial charge in [0.25, 0.3) is 5.56 Å². The summed E-state index contributed by atoms with van der Waals surface area (Å²) in [5.74, 6) is 1.71. The van der Waals surface area contributed by atoms with Crippen molar-refractivity contribution in [2.24, 2.45) is 5.10 Å². The third-order valence-corrected chi connectivity index (χ3v) is 4.04. The van der Waals surface area contributed by atoms with Crippen LogP contribution in [0.4, 0.5) is 5.95 Å². The third-order valence-electron chi connectivity index (χ3n) is 4.04. The molecule has 0 atom stereocenters. The average Bonchev–Trinajstić information content (AvgIpc) is 2.69. The van der Waals surface area contributed by atoms with Gasteiger partial charge in [0.05, 0.1) is 30.8 Å². The maximum absolute atomic E-state index is 12.6. The molecule has 1 N–H and O–H groups in total. The lowest BCUT2D eigenvalue weighted by Gasteiger charge is -2.11. The Kier molecular flexibility index (Phi) is 5.71. The highest BCUT2D eigenvalue weighted by Gasteiger charge is 2.09. The normalized spacial score (nSPS) is 11.1. The summed E-state index contributed by atoms with van der Waals surface area (Å²) >= 11 is 0. The molecule has 0 saturated heterocycles. The zero-order valence-electron chi connectivity index (χ0n) is 15.6. The van der Waals surface area contributed by atoms with Gasteiger partial charge in [-0.1, -0.05) is 12.1 Å². The van der Waals surface area contributed by atoms with Crippen molar-refractivity contribution in [3.05, 3.63) is 58.4 Å². The Labute approximate surface area is 157 Å². The molecule has 0 aliphatic carbocycles. The summed E-state index contributed by atoms with van der Waals surface area (Å²) in [4.78, 5) is 17.1. The smallest absolute Gasteiger partial charge is 0.262 e. The molecule has 0 radical (unpaired) electrons. The molecule has 0 aliphatic rings. The highest BCUT2D eigenvalue weighted by molar-refractivity contribution is 5.82.